The molecule has 1 fully saturated rings. The average molecular weight is 420 g/mol. The summed E-state index contributed by atoms with van der Waals surface area (Å²) < 4.78 is 5.31. The van der Waals surface area contributed by atoms with Crippen molar-refractivity contribution in [1.82, 2.24) is 10.2 Å². The SMILES string of the molecule is CNCCCC[C@H](N)C(=O)N1CCC[C@H]1C(=O)O[C@@H](CCc1ccccc1)C(=O)O. The third-order valence-electron chi connectivity index (χ3n) is 5.39. The van der Waals surface area contributed by atoms with Gasteiger partial charge in [-0.3, -0.25) is 4.79 Å². The Morgan fingerprint density at radius 1 is 1.23 bits per heavy atom. The Kier molecular flexibility index (Phi) is 9.76. The monoisotopic (exact) mass is 419 g/mol. The summed E-state index contributed by atoms with van der Waals surface area (Å²) in [5.74, 6) is -2.12. The van der Waals surface area contributed by atoms with Gasteiger partial charge in [-0.25, -0.2) is 9.59 Å². The summed E-state index contributed by atoms with van der Waals surface area (Å²) in [6.45, 7) is 1.30. The van der Waals surface area contributed by atoms with Gasteiger partial charge in [-0.05, 0) is 57.7 Å². The molecule has 166 valence electrons. The second-order valence-electron chi connectivity index (χ2n) is 7.68. The highest BCUT2D eigenvalue weighted by Gasteiger charge is 2.38. The Morgan fingerprint density at radius 2 is 1.97 bits per heavy atom. The molecule has 0 aliphatic carbocycles. The first-order valence-corrected chi connectivity index (χ1v) is 10.6. The number of hydrogen-bond acceptors (Lipinski definition) is 6. The number of benzene rings is 1. The zero-order valence-corrected chi connectivity index (χ0v) is 17.6. The largest absolute Gasteiger partial charge is 0.479 e. The average Bonchev–Trinajstić information content (AvgIpc) is 3.24. The van der Waals surface area contributed by atoms with Gasteiger partial charge in [0.1, 0.15) is 6.04 Å². The van der Waals surface area contributed by atoms with Crippen molar-refractivity contribution < 1.29 is 24.2 Å². The smallest absolute Gasteiger partial charge is 0.345 e. The quantitative estimate of drug-likeness (QED) is 0.345. The van der Waals surface area contributed by atoms with Crippen LogP contribution in [0.3, 0.4) is 0 Å². The number of unbranched alkanes of at least 4 members (excludes halogenated alkanes) is 1. The molecule has 1 saturated heterocycles. The molecule has 1 heterocycles. The molecule has 3 atom stereocenters. The van der Waals surface area contributed by atoms with Crippen molar-refractivity contribution in [2.24, 2.45) is 5.73 Å². The number of carbonyl (C=O) groups excluding carboxylic acids is 2. The summed E-state index contributed by atoms with van der Waals surface area (Å²) in [7, 11) is 1.87. The molecule has 0 unspecified atom stereocenters. The topological polar surface area (TPSA) is 122 Å². The summed E-state index contributed by atoms with van der Waals surface area (Å²) >= 11 is 0. The van der Waals surface area contributed by atoms with Crippen molar-refractivity contribution in [1.29, 1.82) is 0 Å². The Morgan fingerprint density at radius 3 is 2.63 bits per heavy atom. The molecule has 0 aromatic heterocycles. The maximum Gasteiger partial charge on any atom is 0.345 e. The van der Waals surface area contributed by atoms with Gasteiger partial charge in [-0.2, -0.15) is 0 Å². The lowest BCUT2D eigenvalue weighted by atomic mass is 10.1. The number of carboxylic acids is 1. The van der Waals surface area contributed by atoms with E-state index in [1.807, 2.05) is 37.4 Å². The Hall–Kier alpha value is -2.45. The van der Waals surface area contributed by atoms with E-state index in [-0.39, 0.29) is 12.3 Å². The van der Waals surface area contributed by atoms with Crippen molar-refractivity contribution in [3.63, 3.8) is 0 Å². The minimum Gasteiger partial charge on any atom is -0.479 e. The number of amides is 1. The first kappa shape index (κ1) is 23.8. The molecule has 1 aliphatic heterocycles. The van der Waals surface area contributed by atoms with Crippen LogP contribution < -0.4 is 11.1 Å². The van der Waals surface area contributed by atoms with E-state index in [0.29, 0.717) is 32.2 Å². The van der Waals surface area contributed by atoms with E-state index in [1.165, 1.54) is 4.90 Å². The van der Waals surface area contributed by atoms with E-state index < -0.39 is 30.1 Å². The van der Waals surface area contributed by atoms with Crippen molar-refractivity contribution in [3.05, 3.63) is 35.9 Å². The summed E-state index contributed by atoms with van der Waals surface area (Å²) in [6.07, 6.45) is 2.83. The fraction of sp³-hybridized carbons (Fsp3) is 0.591. The normalized spacial score (nSPS) is 18.1. The molecule has 30 heavy (non-hydrogen) atoms. The number of nitrogens with one attached hydrogen (secondary N) is 1. The fourth-order valence-corrected chi connectivity index (χ4v) is 3.67. The van der Waals surface area contributed by atoms with Crippen LogP contribution >= 0.6 is 0 Å². The van der Waals surface area contributed by atoms with Crippen LogP contribution in [0.25, 0.3) is 0 Å². The molecule has 0 radical (unpaired) electrons. The molecular weight excluding hydrogens is 386 g/mol. The number of esters is 1. The number of ether oxygens (including phenoxy) is 1. The van der Waals surface area contributed by atoms with Crippen LogP contribution in [-0.4, -0.2) is 66.2 Å². The highest BCUT2D eigenvalue weighted by molar-refractivity contribution is 5.89. The molecule has 8 nitrogen and oxygen atoms in total. The van der Waals surface area contributed by atoms with Crippen molar-refractivity contribution in [2.75, 3.05) is 20.1 Å². The number of aryl methyl sites for hydroxylation is 1. The molecule has 0 spiro atoms. The van der Waals surface area contributed by atoms with E-state index in [4.69, 9.17) is 10.5 Å². The first-order chi connectivity index (χ1) is 14.4. The standard InChI is InChI=1S/C22H33N3O5/c1-24-14-6-5-10-17(23)20(26)25-15-7-11-18(25)22(29)30-19(21(27)28)13-12-16-8-3-2-4-9-16/h2-4,8-9,17-19,24H,5-7,10-15,23H2,1H3,(H,27,28)/t17-,18-,19-/m0/s1. The fourth-order valence-electron chi connectivity index (χ4n) is 3.67. The second kappa shape index (κ2) is 12.3. The van der Waals surface area contributed by atoms with Crippen LogP contribution in [0.1, 0.15) is 44.1 Å². The van der Waals surface area contributed by atoms with E-state index in [9.17, 15) is 19.5 Å². The van der Waals surface area contributed by atoms with Gasteiger partial charge in [0, 0.05) is 6.54 Å². The Balaban J connectivity index is 1.90. The van der Waals surface area contributed by atoms with Crippen LogP contribution in [0.4, 0.5) is 0 Å². The lowest BCUT2D eigenvalue weighted by Gasteiger charge is -2.27. The second-order valence-corrected chi connectivity index (χ2v) is 7.68. The summed E-state index contributed by atoms with van der Waals surface area (Å²) in [6, 6.07) is 8.01. The lowest BCUT2D eigenvalue weighted by Crippen LogP contribution is -2.49. The van der Waals surface area contributed by atoms with Crippen LogP contribution in [0.15, 0.2) is 30.3 Å². The van der Waals surface area contributed by atoms with Crippen LogP contribution in [0.5, 0.6) is 0 Å². The zero-order chi connectivity index (χ0) is 21.9. The third kappa shape index (κ3) is 7.11. The van der Waals surface area contributed by atoms with Crippen molar-refractivity contribution in [2.45, 2.75) is 63.1 Å². The number of rotatable bonds is 12. The van der Waals surface area contributed by atoms with E-state index in [1.54, 1.807) is 0 Å². The van der Waals surface area contributed by atoms with Gasteiger partial charge in [0.15, 0.2) is 6.10 Å². The maximum absolute atomic E-state index is 12.7. The maximum atomic E-state index is 12.7. The molecule has 1 aromatic rings. The zero-order valence-electron chi connectivity index (χ0n) is 17.6. The van der Waals surface area contributed by atoms with Gasteiger partial charge in [0.2, 0.25) is 5.91 Å². The van der Waals surface area contributed by atoms with Gasteiger partial charge in [0.25, 0.3) is 0 Å². The summed E-state index contributed by atoms with van der Waals surface area (Å²) in [4.78, 5) is 38.4. The highest BCUT2D eigenvalue weighted by atomic mass is 16.6. The predicted molar refractivity (Wildman–Crippen MR) is 113 cm³/mol. The molecule has 4 N–H and O–H groups in total. The minimum absolute atomic E-state index is 0.177. The van der Waals surface area contributed by atoms with E-state index in [0.717, 1.165) is 24.9 Å². The number of nitrogens with two attached hydrogens (primary N) is 1. The number of nitrogens with zero attached hydrogens (tertiary/aromatic N) is 1. The number of carbonyl (C=O) groups is 3. The molecule has 1 aromatic carbocycles. The van der Waals surface area contributed by atoms with E-state index >= 15 is 0 Å². The molecule has 0 bridgehead atoms. The van der Waals surface area contributed by atoms with Crippen molar-refractivity contribution >= 4 is 17.8 Å². The number of hydrogen-bond donors (Lipinski definition) is 3. The predicted octanol–water partition coefficient (Wildman–Crippen LogP) is 1.32. The highest BCUT2D eigenvalue weighted by Crippen LogP contribution is 2.21. The molecule has 1 amide bonds. The van der Waals surface area contributed by atoms with Crippen LogP contribution in [0, 0.1) is 0 Å². The molecular formula is C22H33N3O5. The minimum atomic E-state index is -1.24. The molecule has 1 aliphatic rings. The Labute approximate surface area is 177 Å². The molecule has 8 heteroatoms. The molecule has 0 saturated carbocycles. The van der Waals surface area contributed by atoms with Gasteiger partial charge in [-0.1, -0.05) is 36.8 Å². The van der Waals surface area contributed by atoms with Crippen LogP contribution in [-0.2, 0) is 25.5 Å². The van der Waals surface area contributed by atoms with Gasteiger partial charge < -0.3 is 25.8 Å². The Bertz CT molecular complexity index is 697. The van der Waals surface area contributed by atoms with Gasteiger partial charge >= 0.3 is 11.9 Å². The summed E-state index contributed by atoms with van der Waals surface area (Å²) in [5.41, 5.74) is 7.02. The first-order valence-electron chi connectivity index (χ1n) is 10.6. The number of carboxylic acid groups (broad SMARTS) is 1. The molecule has 2 rings (SSSR count). The summed E-state index contributed by atoms with van der Waals surface area (Å²) in [5, 5.41) is 12.5. The van der Waals surface area contributed by atoms with Crippen molar-refractivity contribution in [3.8, 4) is 0 Å². The lowest BCUT2D eigenvalue weighted by molar-refractivity contribution is -0.168. The number of aliphatic carboxylic acids is 1. The van der Waals surface area contributed by atoms with E-state index in [2.05, 4.69) is 5.32 Å². The number of likely N-dealkylation sites (tertiary alicyclic amines) is 1. The third-order valence-corrected chi connectivity index (χ3v) is 5.39. The van der Waals surface area contributed by atoms with Gasteiger partial charge in [0.05, 0.1) is 6.04 Å². The van der Waals surface area contributed by atoms with Crippen LogP contribution in [0.2, 0.25) is 0 Å². The van der Waals surface area contributed by atoms with Gasteiger partial charge in [-0.15, -0.1) is 0 Å².